The van der Waals surface area contributed by atoms with Crippen molar-refractivity contribution in [1.82, 2.24) is 4.57 Å². The molecule has 0 bridgehead atoms. The Morgan fingerprint density at radius 2 is 1.09 bits per heavy atom. The second-order valence-electron chi connectivity index (χ2n) is 11.0. The third-order valence-corrected chi connectivity index (χ3v) is 9.73. The molecule has 8 rings (SSSR count). The zero-order valence-corrected chi connectivity index (χ0v) is 24.9. The van der Waals surface area contributed by atoms with Crippen LogP contribution in [0.15, 0.2) is 115 Å². The summed E-state index contributed by atoms with van der Waals surface area (Å²) in [5, 5.41) is 44.5. The molecule has 0 saturated carbocycles. The van der Waals surface area contributed by atoms with E-state index in [0.717, 1.165) is 44.0 Å². The molecule has 6 heteroatoms. The van der Waals surface area contributed by atoms with Crippen molar-refractivity contribution in [3.05, 3.63) is 138 Å². The number of benzene rings is 6. The normalized spacial score (nSPS) is 11.0. The molecule has 0 amide bonds. The Morgan fingerprint density at radius 1 is 0.478 bits per heavy atom. The van der Waals surface area contributed by atoms with Crippen molar-refractivity contribution in [1.29, 1.82) is 21.0 Å². The summed E-state index contributed by atoms with van der Waals surface area (Å²) in [6.45, 7) is 0. The number of rotatable bonds is 3. The van der Waals surface area contributed by atoms with Crippen molar-refractivity contribution in [3.63, 3.8) is 0 Å². The van der Waals surface area contributed by atoms with Gasteiger partial charge in [0.2, 0.25) is 0 Å². The Labute approximate surface area is 267 Å². The maximum absolute atomic E-state index is 10.1. The average Bonchev–Trinajstić information content (AvgIpc) is 3.65. The first-order chi connectivity index (χ1) is 22.6. The van der Waals surface area contributed by atoms with Crippen LogP contribution in [-0.4, -0.2) is 4.57 Å². The van der Waals surface area contributed by atoms with E-state index in [9.17, 15) is 21.0 Å². The van der Waals surface area contributed by atoms with Crippen molar-refractivity contribution < 1.29 is 0 Å². The number of nitrogens with zero attached hydrogens (tertiary/aromatic N) is 5. The van der Waals surface area contributed by atoms with Gasteiger partial charge in [-0.05, 0) is 60.2 Å². The van der Waals surface area contributed by atoms with E-state index in [1.54, 1.807) is 47.7 Å². The van der Waals surface area contributed by atoms with Gasteiger partial charge in [-0.3, -0.25) is 0 Å². The van der Waals surface area contributed by atoms with Crippen LogP contribution in [0.3, 0.4) is 0 Å². The molecule has 0 aliphatic carbocycles. The summed E-state index contributed by atoms with van der Waals surface area (Å²) in [6, 6.07) is 46.3. The molecular formula is C40H19N5S. The van der Waals surface area contributed by atoms with Crippen LogP contribution in [0.25, 0.3) is 69.9 Å². The van der Waals surface area contributed by atoms with Crippen LogP contribution in [0.2, 0.25) is 0 Å². The molecule has 210 valence electrons. The highest BCUT2D eigenvalue weighted by molar-refractivity contribution is 7.25. The highest BCUT2D eigenvalue weighted by atomic mass is 32.1. The van der Waals surface area contributed by atoms with Gasteiger partial charge in [-0.1, -0.05) is 60.7 Å². The molecule has 2 heterocycles. The maximum Gasteiger partial charge on any atom is 0.0998 e. The van der Waals surface area contributed by atoms with Crippen LogP contribution in [0.5, 0.6) is 0 Å². The van der Waals surface area contributed by atoms with E-state index < -0.39 is 0 Å². The molecule has 0 saturated heterocycles. The number of hydrogen-bond donors (Lipinski definition) is 0. The van der Waals surface area contributed by atoms with Crippen LogP contribution in [-0.2, 0) is 0 Å². The molecule has 8 aromatic rings. The van der Waals surface area contributed by atoms with Crippen LogP contribution in [0.1, 0.15) is 22.3 Å². The van der Waals surface area contributed by atoms with Crippen molar-refractivity contribution in [2.45, 2.75) is 0 Å². The lowest BCUT2D eigenvalue weighted by atomic mass is 9.93. The van der Waals surface area contributed by atoms with Gasteiger partial charge in [0.15, 0.2) is 0 Å². The van der Waals surface area contributed by atoms with E-state index in [1.165, 1.54) is 14.8 Å². The number of thiophene rings is 1. The van der Waals surface area contributed by atoms with Gasteiger partial charge in [0.05, 0.1) is 57.6 Å². The Morgan fingerprint density at radius 3 is 1.78 bits per heavy atom. The minimum atomic E-state index is 0.421. The molecule has 6 aromatic carbocycles. The number of aromatic nitrogens is 1. The molecule has 0 fully saturated rings. The molecule has 0 aliphatic heterocycles. The van der Waals surface area contributed by atoms with Gasteiger partial charge in [-0.25, -0.2) is 0 Å². The van der Waals surface area contributed by atoms with Gasteiger partial charge < -0.3 is 4.57 Å². The minimum absolute atomic E-state index is 0.421. The van der Waals surface area contributed by atoms with Gasteiger partial charge in [-0.15, -0.1) is 11.3 Å². The minimum Gasteiger partial charge on any atom is -0.309 e. The van der Waals surface area contributed by atoms with E-state index in [2.05, 4.69) is 65.2 Å². The van der Waals surface area contributed by atoms with E-state index in [4.69, 9.17) is 0 Å². The Kier molecular flexibility index (Phi) is 6.13. The number of nitriles is 4. The van der Waals surface area contributed by atoms with Gasteiger partial charge in [0.25, 0.3) is 0 Å². The second kappa shape index (κ2) is 10.5. The largest absolute Gasteiger partial charge is 0.309 e. The fourth-order valence-electron chi connectivity index (χ4n) is 6.62. The standard InChI is InChI=1S/C40H19N5S/c41-20-25-6-3-7-26(21-42)38(25)24-14-16-30-32-11-5-12-33(39-27(22-43)8-4-9-28(39)23-44)40(32)45(35(30)18-24)29-15-17-37-34(19-29)31-10-1-2-13-36(31)46-37/h1-19H. The molecular weight excluding hydrogens is 583 g/mol. The maximum atomic E-state index is 10.1. The van der Waals surface area contributed by atoms with Crippen LogP contribution < -0.4 is 0 Å². The van der Waals surface area contributed by atoms with Crippen molar-refractivity contribution in [3.8, 4) is 52.2 Å². The summed E-state index contributed by atoms with van der Waals surface area (Å²) in [4.78, 5) is 0. The molecule has 46 heavy (non-hydrogen) atoms. The van der Waals surface area contributed by atoms with E-state index >= 15 is 0 Å². The van der Waals surface area contributed by atoms with Gasteiger partial charge >= 0.3 is 0 Å². The first-order valence-electron chi connectivity index (χ1n) is 14.5. The quantitative estimate of drug-likeness (QED) is 0.201. The van der Waals surface area contributed by atoms with Crippen molar-refractivity contribution >= 4 is 53.3 Å². The number of para-hydroxylation sites is 1. The lowest BCUT2D eigenvalue weighted by Crippen LogP contribution is -1.98. The fraction of sp³-hybridized carbons (Fsp3) is 0. The molecule has 2 aromatic heterocycles. The molecule has 0 aliphatic rings. The third-order valence-electron chi connectivity index (χ3n) is 8.58. The summed E-state index contributed by atoms with van der Waals surface area (Å²) in [6.07, 6.45) is 0. The van der Waals surface area contributed by atoms with Crippen molar-refractivity contribution in [2.24, 2.45) is 0 Å². The van der Waals surface area contributed by atoms with Crippen LogP contribution >= 0.6 is 11.3 Å². The van der Waals surface area contributed by atoms with Crippen LogP contribution in [0, 0.1) is 45.3 Å². The zero-order chi connectivity index (χ0) is 31.4. The van der Waals surface area contributed by atoms with E-state index in [1.807, 2.05) is 42.5 Å². The Bertz CT molecular complexity index is 2690. The number of hydrogen-bond acceptors (Lipinski definition) is 5. The fourth-order valence-corrected chi connectivity index (χ4v) is 7.71. The van der Waals surface area contributed by atoms with Crippen LogP contribution in [0.4, 0.5) is 0 Å². The van der Waals surface area contributed by atoms with Gasteiger partial charge in [0, 0.05) is 53.3 Å². The highest BCUT2D eigenvalue weighted by Crippen LogP contribution is 2.43. The summed E-state index contributed by atoms with van der Waals surface area (Å²) < 4.78 is 4.57. The molecule has 5 nitrogen and oxygen atoms in total. The highest BCUT2D eigenvalue weighted by Gasteiger charge is 2.22. The van der Waals surface area contributed by atoms with E-state index in [-0.39, 0.29) is 0 Å². The molecule has 0 atom stereocenters. The first kappa shape index (κ1) is 26.9. The first-order valence-corrected chi connectivity index (χ1v) is 15.3. The summed E-state index contributed by atoms with van der Waals surface area (Å²) in [5.74, 6) is 0. The summed E-state index contributed by atoms with van der Waals surface area (Å²) in [7, 11) is 0. The van der Waals surface area contributed by atoms with Gasteiger partial charge in [0.1, 0.15) is 0 Å². The molecule has 0 unspecified atom stereocenters. The lowest BCUT2D eigenvalue weighted by Gasteiger charge is -2.14. The average molecular weight is 602 g/mol. The summed E-state index contributed by atoms with van der Waals surface area (Å²) >= 11 is 1.75. The third kappa shape index (κ3) is 3.90. The molecule has 0 radical (unpaired) electrons. The Balaban J connectivity index is 1.55. The zero-order valence-electron chi connectivity index (χ0n) is 24.1. The Hall–Kier alpha value is -6.70. The topological polar surface area (TPSA) is 100 Å². The molecule has 0 N–H and O–H groups in total. The predicted octanol–water partition coefficient (Wildman–Crippen LogP) is 9.97. The van der Waals surface area contributed by atoms with Crippen molar-refractivity contribution in [2.75, 3.05) is 0 Å². The predicted molar refractivity (Wildman–Crippen MR) is 183 cm³/mol. The summed E-state index contributed by atoms with van der Waals surface area (Å²) in [5.41, 5.74) is 7.06. The van der Waals surface area contributed by atoms with Gasteiger partial charge in [-0.2, -0.15) is 21.0 Å². The monoisotopic (exact) mass is 601 g/mol. The number of fused-ring (bicyclic) bond motifs is 6. The smallest absolute Gasteiger partial charge is 0.0998 e. The SMILES string of the molecule is N#Cc1cccc(C#N)c1-c1ccc2c3cccc(-c4c(C#N)cccc4C#N)c3n(-c3ccc4sc5ccccc5c4c3)c2c1. The molecule has 0 spiro atoms. The lowest BCUT2D eigenvalue weighted by molar-refractivity contribution is 1.19. The second-order valence-corrected chi connectivity index (χ2v) is 12.0. The van der Waals surface area contributed by atoms with E-state index in [0.29, 0.717) is 33.4 Å².